The molecule has 1 amide bonds. The SMILES string of the molecule is CC(=O)Nc1cc(O)c(CO)cc1O. The van der Waals surface area contributed by atoms with Crippen molar-refractivity contribution in [2.45, 2.75) is 13.5 Å². The van der Waals surface area contributed by atoms with Crippen LogP contribution in [0.1, 0.15) is 12.5 Å². The molecule has 0 saturated carbocycles. The van der Waals surface area contributed by atoms with Crippen molar-refractivity contribution >= 4 is 11.6 Å². The Morgan fingerprint density at radius 3 is 2.50 bits per heavy atom. The molecule has 14 heavy (non-hydrogen) atoms. The highest BCUT2D eigenvalue weighted by atomic mass is 16.3. The lowest BCUT2D eigenvalue weighted by molar-refractivity contribution is -0.114. The highest BCUT2D eigenvalue weighted by molar-refractivity contribution is 5.90. The molecular weight excluding hydrogens is 186 g/mol. The number of phenols is 2. The summed E-state index contributed by atoms with van der Waals surface area (Å²) in [5, 5.41) is 29.8. The van der Waals surface area contributed by atoms with Crippen LogP contribution in [0, 0.1) is 0 Å². The summed E-state index contributed by atoms with van der Waals surface area (Å²) < 4.78 is 0. The van der Waals surface area contributed by atoms with Crippen molar-refractivity contribution in [1.29, 1.82) is 0 Å². The van der Waals surface area contributed by atoms with Crippen LogP contribution < -0.4 is 5.32 Å². The zero-order chi connectivity index (χ0) is 10.7. The maximum Gasteiger partial charge on any atom is 0.221 e. The number of carbonyl (C=O) groups excluding carboxylic acids is 1. The fourth-order valence-corrected chi connectivity index (χ4v) is 1.04. The molecule has 1 aromatic carbocycles. The van der Waals surface area contributed by atoms with Crippen LogP contribution in [0.5, 0.6) is 11.5 Å². The van der Waals surface area contributed by atoms with Gasteiger partial charge in [0.1, 0.15) is 11.5 Å². The highest BCUT2D eigenvalue weighted by Crippen LogP contribution is 2.31. The Morgan fingerprint density at radius 2 is 2.00 bits per heavy atom. The van der Waals surface area contributed by atoms with Crippen LogP contribution in [0.3, 0.4) is 0 Å². The Hall–Kier alpha value is -1.75. The van der Waals surface area contributed by atoms with E-state index in [2.05, 4.69) is 5.32 Å². The molecule has 0 radical (unpaired) electrons. The van der Waals surface area contributed by atoms with Crippen molar-refractivity contribution < 1.29 is 20.1 Å². The second kappa shape index (κ2) is 3.97. The highest BCUT2D eigenvalue weighted by Gasteiger charge is 2.08. The average molecular weight is 197 g/mol. The molecule has 0 saturated heterocycles. The molecule has 0 aliphatic heterocycles. The summed E-state index contributed by atoms with van der Waals surface area (Å²) in [7, 11) is 0. The van der Waals surface area contributed by atoms with Gasteiger partial charge in [-0.3, -0.25) is 4.79 Å². The topological polar surface area (TPSA) is 89.8 Å². The van der Waals surface area contributed by atoms with Crippen molar-refractivity contribution in [3.8, 4) is 11.5 Å². The molecule has 76 valence electrons. The smallest absolute Gasteiger partial charge is 0.221 e. The van der Waals surface area contributed by atoms with Gasteiger partial charge in [-0.05, 0) is 6.07 Å². The van der Waals surface area contributed by atoms with Crippen LogP contribution in [0.4, 0.5) is 5.69 Å². The number of rotatable bonds is 2. The Balaban J connectivity index is 3.08. The second-order valence-corrected chi connectivity index (χ2v) is 2.84. The molecule has 1 rings (SSSR count). The van der Waals surface area contributed by atoms with Gasteiger partial charge in [0.05, 0.1) is 12.3 Å². The first-order chi connectivity index (χ1) is 6.54. The number of amides is 1. The standard InChI is InChI=1S/C9H11NO4/c1-5(12)10-7-3-8(13)6(4-11)2-9(7)14/h2-3,11,13-14H,4H2,1H3,(H,10,12). The van der Waals surface area contributed by atoms with Crippen LogP contribution >= 0.6 is 0 Å². The Bertz CT molecular complexity index is 362. The van der Waals surface area contributed by atoms with Gasteiger partial charge in [-0.15, -0.1) is 0 Å². The molecule has 5 heteroatoms. The minimum Gasteiger partial charge on any atom is -0.507 e. The summed E-state index contributed by atoms with van der Waals surface area (Å²) >= 11 is 0. The van der Waals surface area contributed by atoms with Crippen molar-refractivity contribution in [1.82, 2.24) is 0 Å². The van der Waals surface area contributed by atoms with E-state index in [1.54, 1.807) is 0 Å². The van der Waals surface area contributed by atoms with Crippen LogP contribution in [0.25, 0.3) is 0 Å². The molecule has 0 aliphatic rings. The Kier molecular flexibility index (Phi) is 2.93. The second-order valence-electron chi connectivity index (χ2n) is 2.84. The summed E-state index contributed by atoms with van der Waals surface area (Å²) in [5.74, 6) is -0.715. The third-order valence-electron chi connectivity index (χ3n) is 1.68. The maximum absolute atomic E-state index is 10.7. The van der Waals surface area contributed by atoms with Gasteiger partial charge in [-0.25, -0.2) is 0 Å². The third-order valence-corrected chi connectivity index (χ3v) is 1.68. The zero-order valence-corrected chi connectivity index (χ0v) is 7.61. The van der Waals surface area contributed by atoms with Crippen molar-refractivity contribution in [3.05, 3.63) is 17.7 Å². The minimum atomic E-state index is -0.375. The van der Waals surface area contributed by atoms with Gasteiger partial charge in [0, 0.05) is 18.6 Å². The van der Waals surface area contributed by atoms with E-state index >= 15 is 0 Å². The first-order valence-corrected chi connectivity index (χ1v) is 3.98. The van der Waals surface area contributed by atoms with Gasteiger partial charge in [0.2, 0.25) is 5.91 Å². The molecule has 0 heterocycles. The van der Waals surface area contributed by atoms with Gasteiger partial charge < -0.3 is 20.6 Å². The summed E-state index contributed by atoms with van der Waals surface area (Å²) in [4.78, 5) is 10.7. The van der Waals surface area contributed by atoms with E-state index in [1.165, 1.54) is 19.1 Å². The minimum absolute atomic E-state index is 0.118. The molecule has 1 aromatic rings. The molecule has 0 atom stereocenters. The van der Waals surface area contributed by atoms with E-state index in [1.807, 2.05) is 0 Å². The first-order valence-electron chi connectivity index (χ1n) is 3.98. The fraction of sp³-hybridized carbons (Fsp3) is 0.222. The lowest BCUT2D eigenvalue weighted by Crippen LogP contribution is -2.06. The zero-order valence-electron chi connectivity index (χ0n) is 7.61. The predicted molar refractivity (Wildman–Crippen MR) is 50.0 cm³/mol. The average Bonchev–Trinajstić information content (AvgIpc) is 2.10. The number of nitrogens with one attached hydrogen (secondary N) is 1. The van der Waals surface area contributed by atoms with Crippen molar-refractivity contribution in [2.24, 2.45) is 0 Å². The van der Waals surface area contributed by atoms with E-state index in [9.17, 15) is 15.0 Å². The number of benzene rings is 1. The van der Waals surface area contributed by atoms with Crippen LogP contribution in [-0.2, 0) is 11.4 Å². The number of aliphatic hydroxyl groups is 1. The molecule has 0 fully saturated rings. The van der Waals surface area contributed by atoms with E-state index in [0.29, 0.717) is 0 Å². The van der Waals surface area contributed by atoms with Crippen LogP contribution in [0.2, 0.25) is 0 Å². The Labute approximate surface area is 80.6 Å². The molecule has 0 aliphatic carbocycles. The predicted octanol–water partition coefficient (Wildman–Crippen LogP) is 0.548. The van der Waals surface area contributed by atoms with Crippen LogP contribution in [-0.4, -0.2) is 21.2 Å². The first kappa shape index (κ1) is 10.3. The number of hydrogen-bond donors (Lipinski definition) is 4. The van der Waals surface area contributed by atoms with E-state index < -0.39 is 0 Å². The molecule has 0 aromatic heterocycles. The largest absolute Gasteiger partial charge is 0.507 e. The molecular formula is C9H11NO4. The molecule has 0 bridgehead atoms. The van der Waals surface area contributed by atoms with E-state index in [0.717, 1.165) is 0 Å². The molecule has 0 unspecified atom stereocenters. The summed E-state index contributed by atoms with van der Waals surface area (Å²) in [6.07, 6.45) is 0. The number of anilines is 1. The van der Waals surface area contributed by atoms with Gasteiger partial charge >= 0.3 is 0 Å². The summed E-state index contributed by atoms with van der Waals surface area (Å²) in [5.41, 5.74) is 0.323. The molecule has 5 nitrogen and oxygen atoms in total. The maximum atomic E-state index is 10.7. The van der Waals surface area contributed by atoms with Gasteiger partial charge in [-0.2, -0.15) is 0 Å². The number of phenolic OH excluding ortho intramolecular Hbond substituents is 1. The molecule has 0 spiro atoms. The van der Waals surface area contributed by atoms with Crippen molar-refractivity contribution in [2.75, 3.05) is 5.32 Å². The normalized spacial score (nSPS) is 9.86. The van der Waals surface area contributed by atoms with Crippen LogP contribution in [0.15, 0.2) is 12.1 Å². The van der Waals surface area contributed by atoms with Gasteiger partial charge in [0.15, 0.2) is 0 Å². The Morgan fingerprint density at radius 1 is 1.36 bits per heavy atom. The quantitative estimate of drug-likeness (QED) is 0.411. The van der Waals surface area contributed by atoms with E-state index in [-0.39, 0.29) is 35.3 Å². The number of aromatic hydroxyl groups is 2. The van der Waals surface area contributed by atoms with Gasteiger partial charge in [-0.1, -0.05) is 0 Å². The number of aliphatic hydroxyl groups excluding tert-OH is 1. The monoisotopic (exact) mass is 197 g/mol. The fourth-order valence-electron chi connectivity index (χ4n) is 1.04. The van der Waals surface area contributed by atoms with Crippen molar-refractivity contribution in [3.63, 3.8) is 0 Å². The lowest BCUT2D eigenvalue weighted by atomic mass is 10.1. The number of carbonyl (C=O) groups is 1. The van der Waals surface area contributed by atoms with E-state index in [4.69, 9.17) is 5.11 Å². The van der Waals surface area contributed by atoms with Gasteiger partial charge in [0.25, 0.3) is 0 Å². The molecule has 4 N–H and O–H groups in total. The lowest BCUT2D eigenvalue weighted by Gasteiger charge is -2.08. The summed E-state index contributed by atoms with van der Waals surface area (Å²) in [6, 6.07) is 2.38. The third kappa shape index (κ3) is 2.14. The number of hydrogen-bond acceptors (Lipinski definition) is 4. The summed E-state index contributed by atoms with van der Waals surface area (Å²) in [6.45, 7) is 0.913.